The van der Waals surface area contributed by atoms with Crippen molar-refractivity contribution >= 4 is 34.5 Å². The number of fused-ring (bicyclic) bond motifs is 2. The number of anilines is 1. The smallest absolute Gasteiger partial charge is 0.228 e. The normalized spacial score (nSPS) is 17.5. The van der Waals surface area contributed by atoms with Gasteiger partial charge < -0.3 is 10.4 Å². The van der Waals surface area contributed by atoms with Crippen LogP contribution in [0.25, 0.3) is 0 Å². The van der Waals surface area contributed by atoms with Gasteiger partial charge in [-0.25, -0.2) is 0 Å². The third-order valence-corrected chi connectivity index (χ3v) is 5.79. The molecule has 2 aromatic rings. The van der Waals surface area contributed by atoms with Crippen LogP contribution >= 0.6 is 22.9 Å². The van der Waals surface area contributed by atoms with Crippen molar-refractivity contribution < 1.29 is 9.90 Å². The Kier molecular flexibility index (Phi) is 3.06. The number of halogens is 1. The average molecular weight is 320 g/mol. The molecule has 0 fully saturated rings. The van der Waals surface area contributed by atoms with Crippen LogP contribution in [-0.4, -0.2) is 11.0 Å². The molecule has 0 bridgehead atoms. The third-order valence-electron chi connectivity index (χ3n) is 4.18. The van der Waals surface area contributed by atoms with Gasteiger partial charge in [0.25, 0.3) is 0 Å². The van der Waals surface area contributed by atoms with Gasteiger partial charge in [0.15, 0.2) is 0 Å². The van der Waals surface area contributed by atoms with Gasteiger partial charge >= 0.3 is 0 Å². The fraction of sp³-hybridized carbons (Fsp3) is 0.312. The summed E-state index contributed by atoms with van der Waals surface area (Å²) in [5.74, 6) is -0.0252. The van der Waals surface area contributed by atoms with Gasteiger partial charge in [-0.05, 0) is 48.6 Å². The van der Waals surface area contributed by atoms with E-state index >= 15 is 0 Å². The molecule has 5 heteroatoms. The first kappa shape index (κ1) is 13.3. The zero-order valence-corrected chi connectivity index (χ0v) is 12.9. The molecule has 1 aliphatic heterocycles. The van der Waals surface area contributed by atoms with Crippen molar-refractivity contribution in [2.24, 2.45) is 0 Å². The third kappa shape index (κ3) is 2.18. The van der Waals surface area contributed by atoms with Crippen molar-refractivity contribution in [2.45, 2.75) is 31.8 Å². The Hall–Kier alpha value is -1.36. The molecule has 1 aromatic carbocycles. The topological polar surface area (TPSA) is 49.3 Å². The molecular formula is C16H14ClNO2S. The number of aliphatic hydroxyl groups excluding tert-OH is 1. The fourth-order valence-electron chi connectivity index (χ4n) is 3.12. The van der Waals surface area contributed by atoms with E-state index in [9.17, 15) is 9.90 Å². The van der Waals surface area contributed by atoms with Crippen LogP contribution in [-0.2, 0) is 24.1 Å². The second-order valence-corrected chi connectivity index (χ2v) is 7.18. The standard InChI is InChI=1S/C16H14ClNO2S/c17-11-7-12-9(6-15(19)18-12)4-10(11)16(20)14-5-8-2-1-3-13(8)21-14/h4-5,7,16,20H,1-3,6H2,(H,18,19). The summed E-state index contributed by atoms with van der Waals surface area (Å²) in [6.45, 7) is 0. The predicted octanol–water partition coefficient (Wildman–Crippen LogP) is 3.47. The molecule has 4 rings (SSSR count). The van der Waals surface area contributed by atoms with Crippen molar-refractivity contribution in [3.05, 3.63) is 49.7 Å². The second kappa shape index (κ2) is 4.83. The zero-order valence-electron chi connectivity index (χ0n) is 11.3. The van der Waals surface area contributed by atoms with Crippen LogP contribution in [0.5, 0.6) is 0 Å². The summed E-state index contributed by atoms with van der Waals surface area (Å²) in [5.41, 5.74) is 3.71. The number of rotatable bonds is 2. The molecule has 108 valence electrons. The lowest BCUT2D eigenvalue weighted by Crippen LogP contribution is -2.03. The van der Waals surface area contributed by atoms with Crippen LogP contribution in [0.4, 0.5) is 5.69 Å². The van der Waals surface area contributed by atoms with Crippen LogP contribution in [0.1, 0.15) is 39.0 Å². The first-order valence-corrected chi connectivity index (χ1v) is 8.23. The molecule has 0 saturated carbocycles. The molecule has 0 spiro atoms. The minimum absolute atomic E-state index is 0.0252. The number of hydrogen-bond donors (Lipinski definition) is 2. The summed E-state index contributed by atoms with van der Waals surface area (Å²) in [6.07, 6.45) is 3.07. The van der Waals surface area contributed by atoms with E-state index < -0.39 is 6.10 Å². The predicted molar refractivity (Wildman–Crippen MR) is 84.2 cm³/mol. The number of benzene rings is 1. The Morgan fingerprint density at radius 1 is 1.24 bits per heavy atom. The second-order valence-electron chi connectivity index (χ2n) is 5.61. The van der Waals surface area contributed by atoms with Gasteiger partial charge in [0.1, 0.15) is 6.10 Å². The van der Waals surface area contributed by atoms with E-state index in [0.717, 1.165) is 29.0 Å². The number of aliphatic hydroxyl groups is 1. The molecule has 0 radical (unpaired) electrons. The molecule has 1 atom stereocenters. The molecule has 21 heavy (non-hydrogen) atoms. The number of aryl methyl sites for hydroxylation is 2. The van der Waals surface area contributed by atoms with Gasteiger partial charge in [0.2, 0.25) is 5.91 Å². The number of amides is 1. The lowest BCUT2D eigenvalue weighted by Gasteiger charge is -2.13. The lowest BCUT2D eigenvalue weighted by molar-refractivity contribution is -0.115. The first-order chi connectivity index (χ1) is 10.1. The lowest BCUT2D eigenvalue weighted by atomic mass is 10.0. The maximum absolute atomic E-state index is 11.4. The van der Waals surface area contributed by atoms with E-state index in [1.807, 2.05) is 6.07 Å². The van der Waals surface area contributed by atoms with E-state index in [4.69, 9.17) is 11.6 Å². The van der Waals surface area contributed by atoms with E-state index in [1.54, 1.807) is 17.4 Å². The molecular weight excluding hydrogens is 306 g/mol. The summed E-state index contributed by atoms with van der Waals surface area (Å²) in [5, 5.41) is 13.9. The Morgan fingerprint density at radius 2 is 2.10 bits per heavy atom. The van der Waals surface area contributed by atoms with Crippen LogP contribution < -0.4 is 5.32 Å². The highest BCUT2D eigenvalue weighted by molar-refractivity contribution is 7.12. The molecule has 0 saturated heterocycles. The molecule has 3 nitrogen and oxygen atoms in total. The minimum Gasteiger partial charge on any atom is -0.383 e. The Labute approximate surface area is 131 Å². The summed E-state index contributed by atoms with van der Waals surface area (Å²) >= 11 is 7.96. The number of carbonyl (C=O) groups is 1. The maximum atomic E-state index is 11.4. The van der Waals surface area contributed by atoms with E-state index in [2.05, 4.69) is 11.4 Å². The number of carbonyl (C=O) groups excluding carboxylic acids is 1. The van der Waals surface area contributed by atoms with Crippen LogP contribution in [0.2, 0.25) is 5.02 Å². The molecule has 1 aliphatic carbocycles. The van der Waals surface area contributed by atoms with Crippen LogP contribution in [0.15, 0.2) is 18.2 Å². The molecule has 2 N–H and O–H groups in total. The van der Waals surface area contributed by atoms with Crippen molar-refractivity contribution in [1.29, 1.82) is 0 Å². The molecule has 1 amide bonds. The van der Waals surface area contributed by atoms with Crippen molar-refractivity contribution in [3.63, 3.8) is 0 Å². The van der Waals surface area contributed by atoms with Gasteiger partial charge in [-0.2, -0.15) is 0 Å². The summed E-state index contributed by atoms with van der Waals surface area (Å²) in [6, 6.07) is 5.69. The highest BCUT2D eigenvalue weighted by Crippen LogP contribution is 2.40. The fourth-order valence-corrected chi connectivity index (χ4v) is 4.65. The van der Waals surface area contributed by atoms with Gasteiger partial charge in [-0.3, -0.25) is 4.79 Å². The summed E-state index contributed by atoms with van der Waals surface area (Å²) in [7, 11) is 0. The van der Waals surface area contributed by atoms with Crippen molar-refractivity contribution in [2.75, 3.05) is 5.32 Å². The number of thiophene rings is 1. The summed E-state index contributed by atoms with van der Waals surface area (Å²) < 4.78 is 0. The Balaban J connectivity index is 1.72. The first-order valence-electron chi connectivity index (χ1n) is 7.03. The Bertz CT molecular complexity index is 731. The monoisotopic (exact) mass is 319 g/mol. The van der Waals surface area contributed by atoms with Gasteiger partial charge in [-0.1, -0.05) is 11.6 Å². The van der Waals surface area contributed by atoms with E-state index in [1.165, 1.54) is 16.9 Å². The average Bonchev–Trinajstić information content (AvgIpc) is 3.09. The number of hydrogen-bond acceptors (Lipinski definition) is 3. The highest BCUT2D eigenvalue weighted by Gasteiger charge is 2.25. The van der Waals surface area contributed by atoms with Gasteiger partial charge in [0, 0.05) is 26.0 Å². The van der Waals surface area contributed by atoms with E-state index in [0.29, 0.717) is 17.0 Å². The Morgan fingerprint density at radius 3 is 2.90 bits per heavy atom. The quantitative estimate of drug-likeness (QED) is 0.890. The molecule has 1 aromatic heterocycles. The van der Waals surface area contributed by atoms with Gasteiger partial charge in [0.05, 0.1) is 6.42 Å². The number of nitrogens with one attached hydrogen (secondary N) is 1. The van der Waals surface area contributed by atoms with Crippen LogP contribution in [0.3, 0.4) is 0 Å². The highest BCUT2D eigenvalue weighted by atomic mass is 35.5. The van der Waals surface area contributed by atoms with Crippen molar-refractivity contribution in [1.82, 2.24) is 0 Å². The minimum atomic E-state index is -0.714. The summed E-state index contributed by atoms with van der Waals surface area (Å²) in [4.78, 5) is 13.8. The SMILES string of the molecule is O=C1Cc2cc(C(O)c3cc4c(s3)CCC4)c(Cl)cc2N1. The maximum Gasteiger partial charge on any atom is 0.228 e. The molecule has 1 unspecified atom stereocenters. The molecule has 2 heterocycles. The van der Waals surface area contributed by atoms with Gasteiger partial charge in [-0.15, -0.1) is 11.3 Å². The molecule has 2 aliphatic rings. The largest absolute Gasteiger partial charge is 0.383 e. The van der Waals surface area contributed by atoms with Crippen LogP contribution in [0, 0.1) is 0 Å². The van der Waals surface area contributed by atoms with Crippen molar-refractivity contribution in [3.8, 4) is 0 Å². The van der Waals surface area contributed by atoms with E-state index in [-0.39, 0.29) is 5.91 Å². The zero-order chi connectivity index (χ0) is 14.6.